The number of hydrogen-bond acceptors (Lipinski definition) is 3. The molecular formula is C16H22N4O. The van der Waals surface area contributed by atoms with Gasteiger partial charge in [0, 0.05) is 6.04 Å². The molecule has 1 aromatic carbocycles. The molecule has 0 aliphatic rings. The summed E-state index contributed by atoms with van der Waals surface area (Å²) in [5.74, 6) is -0.0518. The lowest BCUT2D eigenvalue weighted by atomic mass is 10.1. The zero-order chi connectivity index (χ0) is 15.4. The van der Waals surface area contributed by atoms with Crippen molar-refractivity contribution in [3.8, 4) is 0 Å². The molecule has 1 heterocycles. The van der Waals surface area contributed by atoms with Gasteiger partial charge in [0.2, 0.25) is 5.91 Å². The highest BCUT2D eigenvalue weighted by atomic mass is 16.2. The van der Waals surface area contributed by atoms with E-state index in [1.165, 1.54) is 5.56 Å². The van der Waals surface area contributed by atoms with Crippen LogP contribution in [0.2, 0.25) is 0 Å². The van der Waals surface area contributed by atoms with Crippen molar-refractivity contribution in [2.75, 3.05) is 5.73 Å². The molecule has 0 fully saturated rings. The number of aromatic nitrogens is 2. The molecule has 0 bridgehead atoms. The lowest BCUT2D eigenvalue weighted by Crippen LogP contribution is -2.36. The predicted octanol–water partition coefficient (Wildman–Crippen LogP) is 1.83. The number of hydrogen-bond donors (Lipinski definition) is 2. The van der Waals surface area contributed by atoms with E-state index in [2.05, 4.69) is 22.5 Å². The van der Waals surface area contributed by atoms with E-state index in [9.17, 15) is 4.79 Å². The summed E-state index contributed by atoms with van der Waals surface area (Å²) in [7, 11) is 0. The summed E-state index contributed by atoms with van der Waals surface area (Å²) < 4.78 is 1.65. The van der Waals surface area contributed by atoms with Gasteiger partial charge in [0.25, 0.3) is 0 Å². The number of nitrogens with zero attached hydrogens (tertiary/aromatic N) is 2. The topological polar surface area (TPSA) is 72.9 Å². The third-order valence-corrected chi connectivity index (χ3v) is 3.52. The molecule has 21 heavy (non-hydrogen) atoms. The summed E-state index contributed by atoms with van der Waals surface area (Å²) >= 11 is 0. The number of carbonyl (C=O) groups is 1. The lowest BCUT2D eigenvalue weighted by molar-refractivity contribution is -0.122. The van der Waals surface area contributed by atoms with Crippen LogP contribution in [0.5, 0.6) is 0 Å². The van der Waals surface area contributed by atoms with Crippen molar-refractivity contribution in [3.05, 3.63) is 47.3 Å². The number of anilines is 1. The first kappa shape index (κ1) is 15.1. The van der Waals surface area contributed by atoms with Gasteiger partial charge in [-0.3, -0.25) is 9.48 Å². The number of nitrogens with two attached hydrogens (primary N) is 1. The Morgan fingerprint density at radius 3 is 2.57 bits per heavy atom. The highest BCUT2D eigenvalue weighted by Gasteiger charge is 2.13. The van der Waals surface area contributed by atoms with E-state index in [4.69, 9.17) is 5.73 Å². The van der Waals surface area contributed by atoms with Gasteiger partial charge in [0.1, 0.15) is 6.54 Å². The molecule has 5 heteroatoms. The van der Waals surface area contributed by atoms with Crippen LogP contribution in [0, 0.1) is 13.8 Å². The maximum absolute atomic E-state index is 12.1. The first-order chi connectivity index (χ1) is 9.97. The lowest BCUT2D eigenvalue weighted by Gasteiger charge is -2.14. The Morgan fingerprint density at radius 1 is 1.33 bits per heavy atom. The minimum atomic E-state index is -0.0518. The van der Waals surface area contributed by atoms with Gasteiger partial charge in [-0.25, -0.2) is 0 Å². The van der Waals surface area contributed by atoms with Crippen LogP contribution in [-0.2, 0) is 17.8 Å². The fourth-order valence-electron chi connectivity index (χ4n) is 2.34. The smallest absolute Gasteiger partial charge is 0.241 e. The van der Waals surface area contributed by atoms with Gasteiger partial charge in [0.15, 0.2) is 0 Å². The average Bonchev–Trinajstić information content (AvgIpc) is 2.67. The summed E-state index contributed by atoms with van der Waals surface area (Å²) in [6.45, 7) is 5.91. The van der Waals surface area contributed by atoms with Crippen LogP contribution in [0.4, 0.5) is 5.69 Å². The van der Waals surface area contributed by atoms with E-state index >= 15 is 0 Å². The second-order valence-corrected chi connectivity index (χ2v) is 5.40. The quantitative estimate of drug-likeness (QED) is 0.880. The van der Waals surface area contributed by atoms with Crippen LogP contribution in [-0.4, -0.2) is 21.7 Å². The molecular weight excluding hydrogens is 264 g/mol. The van der Waals surface area contributed by atoms with Gasteiger partial charge in [-0.1, -0.05) is 30.3 Å². The van der Waals surface area contributed by atoms with Gasteiger partial charge in [-0.15, -0.1) is 0 Å². The Labute approximate surface area is 125 Å². The average molecular weight is 286 g/mol. The monoisotopic (exact) mass is 286 g/mol. The number of aryl methyl sites for hydroxylation is 1. The molecule has 1 unspecified atom stereocenters. The Kier molecular flexibility index (Phi) is 4.62. The van der Waals surface area contributed by atoms with Crippen molar-refractivity contribution in [1.82, 2.24) is 15.1 Å². The number of carbonyl (C=O) groups excluding carboxylic acids is 1. The molecule has 1 atom stereocenters. The third-order valence-electron chi connectivity index (χ3n) is 3.52. The minimum absolute atomic E-state index is 0.0518. The predicted molar refractivity (Wildman–Crippen MR) is 83.9 cm³/mol. The highest BCUT2D eigenvalue weighted by molar-refractivity contribution is 5.76. The fraction of sp³-hybridized carbons (Fsp3) is 0.375. The Bertz CT molecular complexity index is 619. The summed E-state index contributed by atoms with van der Waals surface area (Å²) in [4.78, 5) is 12.1. The molecule has 0 aliphatic carbocycles. The molecule has 0 saturated heterocycles. The van der Waals surface area contributed by atoms with Crippen molar-refractivity contribution >= 4 is 11.6 Å². The Hall–Kier alpha value is -2.30. The van der Waals surface area contributed by atoms with Crippen LogP contribution >= 0.6 is 0 Å². The summed E-state index contributed by atoms with van der Waals surface area (Å²) in [6.07, 6.45) is 0.811. The van der Waals surface area contributed by atoms with Crippen molar-refractivity contribution in [2.45, 2.75) is 39.8 Å². The first-order valence-electron chi connectivity index (χ1n) is 7.10. The van der Waals surface area contributed by atoms with Crippen molar-refractivity contribution < 1.29 is 4.79 Å². The summed E-state index contributed by atoms with van der Waals surface area (Å²) in [5, 5.41) is 7.26. The van der Waals surface area contributed by atoms with Gasteiger partial charge in [-0.2, -0.15) is 5.10 Å². The van der Waals surface area contributed by atoms with Gasteiger partial charge < -0.3 is 11.1 Å². The zero-order valence-electron chi connectivity index (χ0n) is 12.8. The molecule has 0 radical (unpaired) electrons. The largest absolute Gasteiger partial charge is 0.396 e. The SMILES string of the molecule is Cc1nn(CC(=O)NC(C)Cc2ccccc2)c(C)c1N. The number of nitrogens with one attached hydrogen (secondary N) is 1. The van der Waals surface area contributed by atoms with Crippen molar-refractivity contribution in [2.24, 2.45) is 0 Å². The van der Waals surface area contributed by atoms with E-state index in [-0.39, 0.29) is 18.5 Å². The molecule has 0 aliphatic heterocycles. The van der Waals surface area contributed by atoms with Gasteiger partial charge in [-0.05, 0) is 32.8 Å². The number of benzene rings is 1. The normalized spacial score (nSPS) is 12.1. The number of amides is 1. The van der Waals surface area contributed by atoms with Crippen LogP contribution in [0.15, 0.2) is 30.3 Å². The van der Waals surface area contributed by atoms with Crippen molar-refractivity contribution in [3.63, 3.8) is 0 Å². The number of rotatable bonds is 5. The van der Waals surface area contributed by atoms with E-state index in [1.54, 1.807) is 4.68 Å². The Morgan fingerprint density at radius 2 is 2.00 bits per heavy atom. The Balaban J connectivity index is 1.91. The number of nitrogen functional groups attached to an aromatic ring is 1. The van der Waals surface area contributed by atoms with Crippen LogP contribution < -0.4 is 11.1 Å². The molecule has 2 aromatic rings. The maximum atomic E-state index is 12.1. The van der Waals surface area contributed by atoms with Crippen LogP contribution in [0.25, 0.3) is 0 Å². The molecule has 2 rings (SSSR count). The summed E-state index contributed by atoms with van der Waals surface area (Å²) in [5.41, 5.74) is 9.32. The van der Waals surface area contributed by atoms with E-state index in [1.807, 2.05) is 39.0 Å². The third kappa shape index (κ3) is 3.84. The van der Waals surface area contributed by atoms with E-state index < -0.39 is 0 Å². The molecule has 0 saturated carbocycles. The molecule has 3 N–H and O–H groups in total. The second-order valence-electron chi connectivity index (χ2n) is 5.40. The zero-order valence-corrected chi connectivity index (χ0v) is 12.8. The standard InChI is InChI=1S/C16H22N4O/c1-11(9-14-7-5-4-6-8-14)18-15(21)10-20-13(3)16(17)12(2)19-20/h4-8,11H,9-10,17H2,1-3H3,(H,18,21). The minimum Gasteiger partial charge on any atom is -0.396 e. The molecule has 5 nitrogen and oxygen atoms in total. The van der Waals surface area contributed by atoms with Gasteiger partial charge >= 0.3 is 0 Å². The van der Waals surface area contributed by atoms with Crippen LogP contribution in [0.1, 0.15) is 23.9 Å². The second kappa shape index (κ2) is 6.43. The van der Waals surface area contributed by atoms with E-state index in [0.29, 0.717) is 5.69 Å². The summed E-state index contributed by atoms with van der Waals surface area (Å²) in [6, 6.07) is 10.2. The van der Waals surface area contributed by atoms with Crippen molar-refractivity contribution in [1.29, 1.82) is 0 Å². The molecule has 1 amide bonds. The molecule has 1 aromatic heterocycles. The molecule has 0 spiro atoms. The van der Waals surface area contributed by atoms with Gasteiger partial charge in [0.05, 0.1) is 17.1 Å². The van der Waals surface area contributed by atoms with E-state index in [0.717, 1.165) is 17.8 Å². The fourth-order valence-corrected chi connectivity index (χ4v) is 2.34. The van der Waals surface area contributed by atoms with Crippen LogP contribution in [0.3, 0.4) is 0 Å². The highest BCUT2D eigenvalue weighted by Crippen LogP contribution is 2.14. The first-order valence-corrected chi connectivity index (χ1v) is 7.10. The maximum Gasteiger partial charge on any atom is 0.241 e. The molecule has 112 valence electrons.